The highest BCUT2D eigenvalue weighted by Gasteiger charge is 2.21. The van der Waals surface area contributed by atoms with Crippen molar-refractivity contribution in [2.45, 2.75) is 70.8 Å². The fraction of sp³-hybridized carbons (Fsp3) is 0.619. The lowest BCUT2D eigenvalue weighted by Gasteiger charge is -2.17. The maximum atomic E-state index is 12.1. The Morgan fingerprint density at radius 3 is 2.19 bits per heavy atom. The maximum absolute atomic E-state index is 12.1. The number of phenols is 1. The van der Waals surface area contributed by atoms with Crippen molar-refractivity contribution < 1.29 is 19.4 Å². The van der Waals surface area contributed by atoms with E-state index in [9.17, 15) is 14.7 Å². The molecule has 1 atom stereocenters. The summed E-state index contributed by atoms with van der Waals surface area (Å²) in [6.07, 6.45) is 9.96. The largest absolute Gasteiger partial charge is 0.508 e. The first kappa shape index (κ1) is 22.8. The summed E-state index contributed by atoms with van der Waals surface area (Å²) in [5.41, 5.74) is 0.826. The monoisotopic (exact) mass is 378 g/mol. The lowest BCUT2D eigenvalue weighted by atomic mass is 10.1. The van der Waals surface area contributed by atoms with Crippen LogP contribution in [0.1, 0.15) is 63.9 Å². The second-order valence-corrected chi connectivity index (χ2v) is 6.82. The van der Waals surface area contributed by atoms with Gasteiger partial charge in [-0.15, -0.1) is 0 Å². The summed E-state index contributed by atoms with van der Waals surface area (Å²) in [5, 5.41) is 14.8. The van der Waals surface area contributed by atoms with Crippen molar-refractivity contribution in [2.75, 3.05) is 13.7 Å². The number of rotatable bonds is 13. The molecule has 1 aromatic rings. The highest BCUT2D eigenvalue weighted by molar-refractivity contribution is 5.83. The highest BCUT2D eigenvalue weighted by Crippen LogP contribution is 2.12. The van der Waals surface area contributed by atoms with E-state index in [-0.39, 0.29) is 11.8 Å². The van der Waals surface area contributed by atoms with Gasteiger partial charge < -0.3 is 20.5 Å². The zero-order valence-corrected chi connectivity index (χ0v) is 16.6. The average Bonchev–Trinajstić information content (AvgIpc) is 2.67. The van der Waals surface area contributed by atoms with Gasteiger partial charge in [-0.25, -0.2) is 9.59 Å². The minimum atomic E-state index is -0.766. The van der Waals surface area contributed by atoms with Crippen LogP contribution in [0.15, 0.2) is 24.3 Å². The predicted octanol–water partition coefficient (Wildman–Crippen LogP) is 3.92. The Bertz CT molecular complexity index is 546. The number of hydrogen-bond donors (Lipinski definition) is 3. The Labute approximate surface area is 162 Å². The smallest absolute Gasteiger partial charge is 0.328 e. The number of ether oxygens (including phenoxy) is 1. The Kier molecular flexibility index (Phi) is 11.7. The van der Waals surface area contributed by atoms with Gasteiger partial charge in [0.15, 0.2) is 0 Å². The van der Waals surface area contributed by atoms with Crippen molar-refractivity contribution >= 4 is 12.0 Å². The third-order valence-electron chi connectivity index (χ3n) is 4.48. The standard InChI is InChI=1S/C21H34N2O4/c1-3-4-5-6-7-8-9-10-15-22-21(26)23-19(20(25)27-2)16-17-11-13-18(24)14-12-17/h11-14,19,24H,3-10,15-16H2,1-2H3,(H2,22,23,26)/t19-/m0/s1. The zero-order chi connectivity index (χ0) is 19.9. The van der Waals surface area contributed by atoms with Crippen LogP contribution in [0, 0.1) is 0 Å². The molecule has 0 heterocycles. The highest BCUT2D eigenvalue weighted by atomic mass is 16.5. The van der Waals surface area contributed by atoms with Crippen LogP contribution in [-0.2, 0) is 16.0 Å². The van der Waals surface area contributed by atoms with Crippen LogP contribution >= 0.6 is 0 Å². The topological polar surface area (TPSA) is 87.7 Å². The second-order valence-electron chi connectivity index (χ2n) is 6.82. The zero-order valence-electron chi connectivity index (χ0n) is 16.6. The molecule has 6 nitrogen and oxygen atoms in total. The van der Waals surface area contributed by atoms with Crippen LogP contribution in [0.5, 0.6) is 5.75 Å². The van der Waals surface area contributed by atoms with E-state index in [0.717, 1.165) is 18.4 Å². The van der Waals surface area contributed by atoms with Crippen LogP contribution in [0.3, 0.4) is 0 Å². The molecule has 0 spiro atoms. The number of carbonyl (C=O) groups excluding carboxylic acids is 2. The number of urea groups is 1. The van der Waals surface area contributed by atoms with E-state index in [0.29, 0.717) is 13.0 Å². The number of hydrogen-bond acceptors (Lipinski definition) is 4. The van der Waals surface area contributed by atoms with E-state index in [1.165, 1.54) is 45.6 Å². The van der Waals surface area contributed by atoms with Crippen LogP contribution < -0.4 is 10.6 Å². The minimum absolute atomic E-state index is 0.157. The van der Waals surface area contributed by atoms with Gasteiger partial charge >= 0.3 is 12.0 Å². The van der Waals surface area contributed by atoms with Gasteiger partial charge in [0.2, 0.25) is 0 Å². The molecule has 152 valence electrons. The molecule has 2 amide bonds. The first-order valence-corrected chi connectivity index (χ1v) is 9.97. The lowest BCUT2D eigenvalue weighted by Crippen LogP contribution is -2.47. The van der Waals surface area contributed by atoms with E-state index in [4.69, 9.17) is 4.74 Å². The van der Waals surface area contributed by atoms with E-state index in [1.54, 1.807) is 24.3 Å². The van der Waals surface area contributed by atoms with E-state index in [1.807, 2.05) is 0 Å². The molecule has 1 aromatic carbocycles. The third-order valence-corrected chi connectivity index (χ3v) is 4.48. The van der Waals surface area contributed by atoms with E-state index in [2.05, 4.69) is 17.6 Å². The Balaban J connectivity index is 2.27. The molecule has 3 N–H and O–H groups in total. The van der Waals surface area contributed by atoms with Crippen molar-refractivity contribution in [3.8, 4) is 5.75 Å². The molecule has 1 rings (SSSR count). The fourth-order valence-corrected chi connectivity index (χ4v) is 2.87. The van der Waals surface area contributed by atoms with Crippen LogP contribution in [-0.4, -0.2) is 36.8 Å². The van der Waals surface area contributed by atoms with Gasteiger partial charge in [0.1, 0.15) is 11.8 Å². The average molecular weight is 379 g/mol. The summed E-state index contributed by atoms with van der Waals surface area (Å²) >= 11 is 0. The quantitative estimate of drug-likeness (QED) is 0.359. The van der Waals surface area contributed by atoms with Gasteiger partial charge in [0.05, 0.1) is 7.11 Å². The molecule has 0 bridgehead atoms. The summed E-state index contributed by atoms with van der Waals surface area (Å²) < 4.78 is 4.78. The van der Waals surface area contributed by atoms with Crippen LogP contribution in [0.4, 0.5) is 4.79 Å². The number of methoxy groups -OCH3 is 1. The van der Waals surface area contributed by atoms with Crippen molar-refractivity contribution in [1.29, 1.82) is 0 Å². The Hall–Kier alpha value is -2.24. The number of unbranched alkanes of at least 4 members (excludes halogenated alkanes) is 7. The molecule has 0 saturated carbocycles. The van der Waals surface area contributed by atoms with E-state index < -0.39 is 12.0 Å². The Morgan fingerprint density at radius 1 is 1.00 bits per heavy atom. The number of esters is 1. The number of nitrogens with one attached hydrogen (secondary N) is 2. The van der Waals surface area contributed by atoms with Gasteiger partial charge in [0.25, 0.3) is 0 Å². The number of carbonyl (C=O) groups is 2. The summed E-state index contributed by atoms with van der Waals surface area (Å²) in [6, 6.07) is 5.39. The van der Waals surface area contributed by atoms with Gasteiger partial charge in [0, 0.05) is 13.0 Å². The lowest BCUT2D eigenvalue weighted by molar-refractivity contribution is -0.142. The number of benzene rings is 1. The van der Waals surface area contributed by atoms with Gasteiger partial charge in [-0.05, 0) is 24.1 Å². The molecule has 0 aliphatic heterocycles. The maximum Gasteiger partial charge on any atom is 0.328 e. The van der Waals surface area contributed by atoms with Crippen molar-refractivity contribution in [1.82, 2.24) is 10.6 Å². The molecule has 0 radical (unpaired) electrons. The summed E-state index contributed by atoms with van der Waals surface area (Å²) in [6.45, 7) is 2.81. The van der Waals surface area contributed by atoms with Gasteiger partial charge in [-0.2, -0.15) is 0 Å². The molecule has 27 heavy (non-hydrogen) atoms. The molecule has 0 saturated heterocycles. The number of aromatic hydroxyl groups is 1. The first-order chi connectivity index (χ1) is 13.1. The molecule has 0 unspecified atom stereocenters. The van der Waals surface area contributed by atoms with Gasteiger partial charge in [-0.1, -0.05) is 64.0 Å². The fourth-order valence-electron chi connectivity index (χ4n) is 2.87. The molecule has 6 heteroatoms. The summed E-state index contributed by atoms with van der Waals surface area (Å²) in [7, 11) is 1.30. The number of amides is 2. The van der Waals surface area contributed by atoms with Crippen LogP contribution in [0.25, 0.3) is 0 Å². The molecular formula is C21H34N2O4. The van der Waals surface area contributed by atoms with Crippen molar-refractivity contribution in [3.63, 3.8) is 0 Å². The van der Waals surface area contributed by atoms with Crippen LogP contribution in [0.2, 0.25) is 0 Å². The molecular weight excluding hydrogens is 344 g/mol. The summed E-state index contributed by atoms with van der Waals surface area (Å²) in [5.74, 6) is -0.338. The molecule has 0 aliphatic carbocycles. The predicted molar refractivity (Wildman–Crippen MR) is 107 cm³/mol. The minimum Gasteiger partial charge on any atom is -0.508 e. The first-order valence-electron chi connectivity index (χ1n) is 9.97. The summed E-state index contributed by atoms with van der Waals surface area (Å²) in [4.78, 5) is 24.0. The van der Waals surface area contributed by atoms with Gasteiger partial charge in [-0.3, -0.25) is 0 Å². The third kappa shape index (κ3) is 10.5. The number of phenolic OH excluding ortho intramolecular Hbond substituents is 1. The van der Waals surface area contributed by atoms with Crippen molar-refractivity contribution in [2.24, 2.45) is 0 Å². The normalized spacial score (nSPS) is 11.6. The van der Waals surface area contributed by atoms with E-state index >= 15 is 0 Å². The molecule has 0 aliphatic rings. The SMILES string of the molecule is CCCCCCCCCCNC(=O)N[C@@H](Cc1ccc(O)cc1)C(=O)OC. The molecule has 0 aromatic heterocycles. The Morgan fingerprint density at radius 2 is 1.59 bits per heavy atom. The van der Waals surface area contributed by atoms with Crippen molar-refractivity contribution in [3.05, 3.63) is 29.8 Å². The second kappa shape index (κ2) is 13.9. The molecule has 0 fully saturated rings.